The Balaban J connectivity index is 2.53. The fraction of sp³-hybridized carbons (Fsp3) is 0.571. The number of nitrogens with one attached hydrogen (secondary N) is 1. The van der Waals surface area contributed by atoms with Crippen molar-refractivity contribution in [2.45, 2.75) is 26.3 Å². The van der Waals surface area contributed by atoms with Crippen LogP contribution in [-0.4, -0.2) is 26.3 Å². The van der Waals surface area contributed by atoms with E-state index in [1.807, 2.05) is 18.2 Å². The molecule has 0 aliphatic carbocycles. The highest BCUT2D eigenvalue weighted by molar-refractivity contribution is 6.42. The highest BCUT2D eigenvalue weighted by Gasteiger charge is 2.14. The minimum absolute atomic E-state index is 0.412. The Kier molecular flexibility index (Phi) is 7.02. The van der Waals surface area contributed by atoms with Gasteiger partial charge in [-0.2, -0.15) is 0 Å². The molecule has 1 aromatic carbocycles. The minimum atomic E-state index is 0.412. The van der Waals surface area contributed by atoms with Gasteiger partial charge in [-0.3, -0.25) is 0 Å². The van der Waals surface area contributed by atoms with Crippen LogP contribution in [0.3, 0.4) is 0 Å². The van der Waals surface area contributed by atoms with Crippen molar-refractivity contribution in [3.8, 4) is 0 Å². The molecular formula is C14H21Cl2NO. The van der Waals surface area contributed by atoms with Crippen molar-refractivity contribution in [3.05, 3.63) is 33.8 Å². The first kappa shape index (κ1) is 15.8. The lowest BCUT2D eigenvalue weighted by Gasteiger charge is -2.22. The molecule has 18 heavy (non-hydrogen) atoms. The molecule has 0 heterocycles. The summed E-state index contributed by atoms with van der Waals surface area (Å²) >= 11 is 12.2. The van der Waals surface area contributed by atoms with Crippen LogP contribution in [0.4, 0.5) is 0 Å². The lowest BCUT2D eigenvalue weighted by Crippen LogP contribution is -2.35. The summed E-state index contributed by atoms with van der Waals surface area (Å²) in [6, 6.07) is 6.21. The zero-order valence-corrected chi connectivity index (χ0v) is 12.7. The number of hydrogen-bond donors (Lipinski definition) is 1. The van der Waals surface area contributed by atoms with Gasteiger partial charge in [0.25, 0.3) is 0 Å². The van der Waals surface area contributed by atoms with Gasteiger partial charge in [0.15, 0.2) is 0 Å². The first-order chi connectivity index (χ1) is 8.56. The lowest BCUT2D eigenvalue weighted by molar-refractivity contribution is 0.192. The van der Waals surface area contributed by atoms with Crippen LogP contribution in [0, 0.1) is 5.92 Å². The molecule has 102 valence electrons. The van der Waals surface area contributed by atoms with Gasteiger partial charge < -0.3 is 10.1 Å². The summed E-state index contributed by atoms with van der Waals surface area (Å²) in [5.41, 5.74) is 1.11. The summed E-state index contributed by atoms with van der Waals surface area (Å²) < 4.78 is 5.02. The summed E-state index contributed by atoms with van der Waals surface area (Å²) in [6.45, 7) is 5.99. The van der Waals surface area contributed by atoms with Crippen LogP contribution >= 0.6 is 23.2 Å². The molecule has 0 radical (unpaired) electrons. The van der Waals surface area contributed by atoms with E-state index in [0.29, 0.717) is 22.0 Å². The number of hydrogen-bond acceptors (Lipinski definition) is 2. The van der Waals surface area contributed by atoms with Crippen molar-refractivity contribution in [3.63, 3.8) is 0 Å². The zero-order valence-electron chi connectivity index (χ0n) is 11.2. The van der Waals surface area contributed by atoms with Crippen LogP contribution in [0.25, 0.3) is 0 Å². The highest BCUT2D eigenvalue weighted by atomic mass is 35.5. The second kappa shape index (κ2) is 8.00. The van der Waals surface area contributed by atoms with Crippen molar-refractivity contribution < 1.29 is 4.74 Å². The molecule has 0 spiro atoms. The van der Waals surface area contributed by atoms with Gasteiger partial charge >= 0.3 is 0 Å². The Labute approximate surface area is 120 Å². The van der Waals surface area contributed by atoms with E-state index in [1.54, 1.807) is 7.11 Å². The van der Waals surface area contributed by atoms with Crippen LogP contribution in [0.15, 0.2) is 18.2 Å². The summed E-state index contributed by atoms with van der Waals surface area (Å²) in [5.74, 6) is 0.484. The Bertz CT molecular complexity index is 371. The fourth-order valence-electron chi connectivity index (χ4n) is 1.82. The molecule has 0 aliphatic heterocycles. The van der Waals surface area contributed by atoms with Crippen molar-refractivity contribution in [2.24, 2.45) is 5.92 Å². The van der Waals surface area contributed by atoms with E-state index in [-0.39, 0.29) is 0 Å². The summed E-state index contributed by atoms with van der Waals surface area (Å²) in [7, 11) is 1.71. The molecule has 1 rings (SSSR count). The van der Waals surface area contributed by atoms with Gasteiger partial charge in [0.1, 0.15) is 0 Å². The highest BCUT2D eigenvalue weighted by Crippen LogP contribution is 2.27. The topological polar surface area (TPSA) is 21.3 Å². The zero-order chi connectivity index (χ0) is 13.5. The summed E-state index contributed by atoms with van der Waals surface area (Å²) in [6.07, 6.45) is 0.917. The number of ether oxygens (including phenoxy) is 1. The third-order valence-electron chi connectivity index (χ3n) is 3.20. The molecule has 0 aliphatic rings. The van der Waals surface area contributed by atoms with Crippen LogP contribution in [0.5, 0.6) is 0 Å². The molecule has 4 heteroatoms. The van der Waals surface area contributed by atoms with Gasteiger partial charge in [-0.15, -0.1) is 0 Å². The smallest absolute Gasteiger partial charge is 0.0624 e. The molecular weight excluding hydrogens is 269 g/mol. The Morgan fingerprint density at radius 1 is 1.28 bits per heavy atom. The molecule has 1 aromatic rings. The maximum atomic E-state index is 6.20. The molecule has 0 bridgehead atoms. The van der Waals surface area contributed by atoms with Gasteiger partial charge in [0.05, 0.1) is 16.7 Å². The normalized spacial score (nSPS) is 14.5. The van der Waals surface area contributed by atoms with E-state index in [1.165, 1.54) is 0 Å². The van der Waals surface area contributed by atoms with Crippen molar-refractivity contribution in [1.29, 1.82) is 0 Å². The Morgan fingerprint density at radius 3 is 2.67 bits per heavy atom. The third kappa shape index (κ3) is 4.77. The molecule has 0 amide bonds. The maximum absolute atomic E-state index is 6.20. The van der Waals surface area contributed by atoms with E-state index in [4.69, 9.17) is 27.9 Å². The predicted octanol–water partition coefficient (Wildman–Crippen LogP) is 3.80. The SMILES string of the molecule is COCCNC(C)C(C)Cc1cccc(Cl)c1Cl. The van der Waals surface area contributed by atoms with E-state index in [0.717, 1.165) is 25.1 Å². The molecule has 2 atom stereocenters. The number of halogens is 2. The minimum Gasteiger partial charge on any atom is -0.383 e. The van der Waals surface area contributed by atoms with Gasteiger partial charge in [-0.1, -0.05) is 42.3 Å². The second-order valence-electron chi connectivity index (χ2n) is 4.63. The van der Waals surface area contributed by atoms with E-state index in [2.05, 4.69) is 19.2 Å². The molecule has 0 saturated carbocycles. The Morgan fingerprint density at radius 2 is 2.00 bits per heavy atom. The van der Waals surface area contributed by atoms with Crippen molar-refractivity contribution >= 4 is 23.2 Å². The Hall–Kier alpha value is -0.280. The predicted molar refractivity (Wildman–Crippen MR) is 78.7 cm³/mol. The number of benzene rings is 1. The first-order valence-electron chi connectivity index (χ1n) is 6.21. The van der Waals surface area contributed by atoms with Gasteiger partial charge in [0, 0.05) is 19.7 Å². The standard InChI is InChI=1S/C14H21Cl2NO/c1-10(11(2)17-7-8-18-3)9-12-5-4-6-13(15)14(12)16/h4-6,10-11,17H,7-9H2,1-3H3. The summed E-state index contributed by atoms with van der Waals surface area (Å²) in [5, 5.41) is 4.74. The largest absolute Gasteiger partial charge is 0.383 e. The van der Waals surface area contributed by atoms with E-state index < -0.39 is 0 Å². The molecule has 2 unspecified atom stereocenters. The summed E-state index contributed by atoms with van der Waals surface area (Å²) in [4.78, 5) is 0. The monoisotopic (exact) mass is 289 g/mol. The molecule has 0 saturated heterocycles. The quantitative estimate of drug-likeness (QED) is 0.771. The van der Waals surface area contributed by atoms with Gasteiger partial charge in [-0.25, -0.2) is 0 Å². The van der Waals surface area contributed by atoms with E-state index in [9.17, 15) is 0 Å². The molecule has 0 aromatic heterocycles. The molecule has 2 nitrogen and oxygen atoms in total. The van der Waals surface area contributed by atoms with Gasteiger partial charge in [0.2, 0.25) is 0 Å². The number of rotatable bonds is 7. The van der Waals surface area contributed by atoms with Gasteiger partial charge in [-0.05, 0) is 30.9 Å². The fourth-order valence-corrected chi connectivity index (χ4v) is 2.22. The third-order valence-corrected chi connectivity index (χ3v) is 4.06. The average molecular weight is 290 g/mol. The van der Waals surface area contributed by atoms with Crippen LogP contribution in [-0.2, 0) is 11.2 Å². The lowest BCUT2D eigenvalue weighted by atomic mass is 9.95. The maximum Gasteiger partial charge on any atom is 0.0624 e. The number of methoxy groups -OCH3 is 1. The van der Waals surface area contributed by atoms with E-state index >= 15 is 0 Å². The van der Waals surface area contributed by atoms with Crippen LogP contribution < -0.4 is 5.32 Å². The molecule has 0 fully saturated rings. The molecule has 1 N–H and O–H groups in total. The van der Waals surface area contributed by atoms with Crippen LogP contribution in [0.2, 0.25) is 10.0 Å². The second-order valence-corrected chi connectivity index (χ2v) is 5.42. The van der Waals surface area contributed by atoms with Crippen LogP contribution in [0.1, 0.15) is 19.4 Å². The average Bonchev–Trinajstić information content (AvgIpc) is 2.35. The van der Waals surface area contributed by atoms with Crippen molar-refractivity contribution in [1.82, 2.24) is 5.32 Å². The first-order valence-corrected chi connectivity index (χ1v) is 6.97. The van der Waals surface area contributed by atoms with Crippen molar-refractivity contribution in [2.75, 3.05) is 20.3 Å².